The minimum atomic E-state index is 0.132. The van der Waals surface area contributed by atoms with Crippen molar-refractivity contribution in [2.24, 2.45) is 0 Å². The fraction of sp³-hybridized carbons (Fsp3) is 0.250. The molecular weight excluding hydrogens is 368 g/mol. The van der Waals surface area contributed by atoms with Crippen LogP contribution in [0.3, 0.4) is 0 Å². The quantitative estimate of drug-likeness (QED) is 0.620. The number of hydrogen-bond donors (Lipinski definition) is 0. The Morgan fingerprint density at radius 3 is 2.53 bits per heavy atom. The van der Waals surface area contributed by atoms with Gasteiger partial charge in [0.05, 0.1) is 11.4 Å². The molecule has 19 heavy (non-hydrogen) atoms. The first-order valence-electron chi connectivity index (χ1n) is 6.25. The highest BCUT2D eigenvalue weighted by atomic mass is 79.9. The van der Waals surface area contributed by atoms with Crippen LogP contribution in [-0.4, -0.2) is 6.61 Å². The van der Waals surface area contributed by atoms with E-state index in [1.807, 2.05) is 19.1 Å². The third kappa shape index (κ3) is 3.40. The summed E-state index contributed by atoms with van der Waals surface area (Å²) in [6.45, 7) is 4.80. The van der Waals surface area contributed by atoms with E-state index in [0.29, 0.717) is 6.61 Å². The summed E-state index contributed by atoms with van der Waals surface area (Å²) in [6, 6.07) is 14.5. The van der Waals surface area contributed by atoms with Crippen molar-refractivity contribution < 1.29 is 4.74 Å². The number of ether oxygens (including phenoxy) is 1. The summed E-state index contributed by atoms with van der Waals surface area (Å²) in [7, 11) is 0. The first kappa shape index (κ1) is 14.6. The molecule has 0 saturated carbocycles. The molecule has 0 aliphatic heterocycles. The Balaban J connectivity index is 2.45. The maximum Gasteiger partial charge on any atom is 0.124 e. The van der Waals surface area contributed by atoms with E-state index in [9.17, 15) is 0 Å². The zero-order chi connectivity index (χ0) is 13.8. The molecule has 2 rings (SSSR count). The normalized spacial score (nSPS) is 12.2. The molecule has 0 amide bonds. The smallest absolute Gasteiger partial charge is 0.124 e. The van der Waals surface area contributed by atoms with Gasteiger partial charge in [0.15, 0.2) is 0 Å². The topological polar surface area (TPSA) is 9.23 Å². The van der Waals surface area contributed by atoms with E-state index < -0.39 is 0 Å². The van der Waals surface area contributed by atoms with Gasteiger partial charge in [0, 0.05) is 10.0 Å². The average molecular weight is 384 g/mol. The molecule has 100 valence electrons. The van der Waals surface area contributed by atoms with Crippen molar-refractivity contribution in [1.82, 2.24) is 0 Å². The van der Waals surface area contributed by atoms with Gasteiger partial charge in [-0.15, -0.1) is 0 Å². The summed E-state index contributed by atoms with van der Waals surface area (Å²) >= 11 is 7.33. The Labute approximate surface area is 131 Å². The van der Waals surface area contributed by atoms with E-state index in [0.717, 1.165) is 15.8 Å². The van der Waals surface area contributed by atoms with Crippen LogP contribution in [0.5, 0.6) is 5.75 Å². The van der Waals surface area contributed by atoms with E-state index in [4.69, 9.17) is 4.74 Å². The summed E-state index contributed by atoms with van der Waals surface area (Å²) in [5.74, 6) is 0.927. The Kier molecular flexibility index (Phi) is 5.06. The zero-order valence-corrected chi connectivity index (χ0v) is 14.2. The van der Waals surface area contributed by atoms with Crippen molar-refractivity contribution in [1.29, 1.82) is 0 Å². The number of rotatable bonds is 4. The fourth-order valence-electron chi connectivity index (χ4n) is 2.04. The molecule has 0 aliphatic carbocycles. The molecular formula is C16H16Br2O. The van der Waals surface area contributed by atoms with Crippen LogP contribution < -0.4 is 4.74 Å². The van der Waals surface area contributed by atoms with Crippen molar-refractivity contribution in [2.75, 3.05) is 6.61 Å². The minimum Gasteiger partial charge on any atom is -0.494 e. The van der Waals surface area contributed by atoms with Gasteiger partial charge >= 0.3 is 0 Å². The molecule has 0 saturated heterocycles. The SMILES string of the molecule is CCOc1ccc(Br)cc1C(Br)c1ccccc1C. The van der Waals surface area contributed by atoms with E-state index in [1.54, 1.807) is 0 Å². The summed E-state index contributed by atoms with van der Waals surface area (Å²) in [6.07, 6.45) is 0. The number of halogens is 2. The van der Waals surface area contributed by atoms with Crippen LogP contribution in [0.1, 0.15) is 28.4 Å². The molecule has 0 bridgehead atoms. The van der Waals surface area contributed by atoms with Gasteiger partial charge in [0.25, 0.3) is 0 Å². The van der Waals surface area contributed by atoms with Crippen molar-refractivity contribution in [2.45, 2.75) is 18.7 Å². The van der Waals surface area contributed by atoms with Crippen LogP contribution in [0.2, 0.25) is 0 Å². The molecule has 0 N–H and O–H groups in total. The predicted octanol–water partition coefficient (Wildman–Crippen LogP) is 5.64. The molecule has 2 aromatic carbocycles. The van der Waals surface area contributed by atoms with E-state index in [1.165, 1.54) is 11.1 Å². The number of hydrogen-bond acceptors (Lipinski definition) is 1. The lowest BCUT2D eigenvalue weighted by Crippen LogP contribution is -2.01. The van der Waals surface area contributed by atoms with Crippen LogP contribution in [0, 0.1) is 6.92 Å². The maximum atomic E-state index is 5.72. The highest BCUT2D eigenvalue weighted by molar-refractivity contribution is 9.10. The largest absolute Gasteiger partial charge is 0.494 e. The van der Waals surface area contributed by atoms with Crippen LogP contribution in [0.25, 0.3) is 0 Å². The second-order valence-electron chi connectivity index (χ2n) is 4.33. The molecule has 0 fully saturated rings. The lowest BCUT2D eigenvalue weighted by Gasteiger charge is -2.17. The maximum absolute atomic E-state index is 5.72. The second kappa shape index (κ2) is 6.58. The molecule has 0 radical (unpaired) electrons. The highest BCUT2D eigenvalue weighted by Crippen LogP contribution is 2.39. The first-order chi connectivity index (χ1) is 9.13. The van der Waals surface area contributed by atoms with E-state index >= 15 is 0 Å². The Morgan fingerprint density at radius 2 is 1.84 bits per heavy atom. The Bertz CT molecular complexity index is 566. The van der Waals surface area contributed by atoms with Crippen molar-refractivity contribution in [3.05, 3.63) is 63.6 Å². The molecule has 0 aliphatic rings. The van der Waals surface area contributed by atoms with Gasteiger partial charge in [-0.25, -0.2) is 0 Å². The van der Waals surface area contributed by atoms with E-state index in [-0.39, 0.29) is 4.83 Å². The Hall–Kier alpha value is -0.800. The second-order valence-corrected chi connectivity index (χ2v) is 6.17. The minimum absolute atomic E-state index is 0.132. The molecule has 0 heterocycles. The molecule has 1 atom stereocenters. The van der Waals surface area contributed by atoms with Crippen LogP contribution in [0.15, 0.2) is 46.9 Å². The van der Waals surface area contributed by atoms with Gasteiger partial charge in [-0.3, -0.25) is 0 Å². The summed E-state index contributed by atoms with van der Waals surface area (Å²) in [5, 5.41) is 0. The summed E-state index contributed by atoms with van der Waals surface area (Å²) in [4.78, 5) is 0.132. The molecule has 3 heteroatoms. The highest BCUT2D eigenvalue weighted by Gasteiger charge is 2.17. The summed E-state index contributed by atoms with van der Waals surface area (Å²) in [5.41, 5.74) is 3.68. The van der Waals surface area contributed by atoms with Crippen LogP contribution >= 0.6 is 31.9 Å². The van der Waals surface area contributed by atoms with Crippen molar-refractivity contribution in [3.8, 4) is 5.75 Å². The van der Waals surface area contributed by atoms with Crippen LogP contribution in [-0.2, 0) is 0 Å². The third-order valence-corrected chi connectivity index (χ3v) is 4.49. The first-order valence-corrected chi connectivity index (χ1v) is 7.96. The lowest BCUT2D eigenvalue weighted by molar-refractivity contribution is 0.337. The standard InChI is InChI=1S/C16H16Br2O/c1-3-19-15-9-8-12(17)10-14(15)16(18)13-7-5-4-6-11(13)2/h4-10,16H,3H2,1-2H3. The molecule has 1 nitrogen and oxygen atoms in total. The van der Waals surface area contributed by atoms with Gasteiger partial charge < -0.3 is 4.74 Å². The molecule has 0 spiro atoms. The van der Waals surface area contributed by atoms with Crippen molar-refractivity contribution in [3.63, 3.8) is 0 Å². The van der Waals surface area contributed by atoms with Gasteiger partial charge in [-0.2, -0.15) is 0 Å². The van der Waals surface area contributed by atoms with Crippen LogP contribution in [0.4, 0.5) is 0 Å². The summed E-state index contributed by atoms with van der Waals surface area (Å²) < 4.78 is 6.78. The number of benzene rings is 2. The van der Waals surface area contributed by atoms with Gasteiger partial charge in [0.2, 0.25) is 0 Å². The Morgan fingerprint density at radius 1 is 1.11 bits per heavy atom. The van der Waals surface area contributed by atoms with E-state index in [2.05, 4.69) is 69.1 Å². The van der Waals surface area contributed by atoms with Crippen molar-refractivity contribution >= 4 is 31.9 Å². The number of alkyl halides is 1. The molecule has 0 aromatic heterocycles. The average Bonchev–Trinajstić information content (AvgIpc) is 2.41. The van der Waals surface area contributed by atoms with Gasteiger partial charge in [0.1, 0.15) is 5.75 Å². The van der Waals surface area contributed by atoms with Gasteiger partial charge in [-0.1, -0.05) is 56.1 Å². The third-order valence-electron chi connectivity index (χ3n) is 3.01. The fourth-order valence-corrected chi connectivity index (χ4v) is 3.29. The lowest BCUT2D eigenvalue weighted by atomic mass is 10.00. The molecule has 2 aromatic rings. The molecule has 1 unspecified atom stereocenters. The monoisotopic (exact) mass is 382 g/mol. The van der Waals surface area contributed by atoms with Gasteiger partial charge in [-0.05, 0) is 43.2 Å². The zero-order valence-electron chi connectivity index (χ0n) is 11.0. The predicted molar refractivity (Wildman–Crippen MR) is 87.3 cm³/mol. The number of aryl methyl sites for hydroxylation is 1.